The number of benzene rings is 1. The van der Waals surface area contributed by atoms with Crippen molar-refractivity contribution in [2.75, 3.05) is 20.3 Å². The Morgan fingerprint density at radius 2 is 1.89 bits per heavy atom. The molecule has 2 rings (SSSR count). The fourth-order valence-corrected chi connectivity index (χ4v) is 2.73. The molecule has 1 heterocycles. The molecule has 5 atom stereocenters. The van der Waals surface area contributed by atoms with Crippen LogP contribution in [-0.4, -0.2) is 77.4 Å². The van der Waals surface area contributed by atoms with Gasteiger partial charge in [-0.2, -0.15) is 0 Å². The minimum Gasteiger partial charge on any atom is -0.493 e. The van der Waals surface area contributed by atoms with E-state index in [1.807, 2.05) is 0 Å². The van der Waals surface area contributed by atoms with Crippen molar-refractivity contribution >= 4 is 5.97 Å². The summed E-state index contributed by atoms with van der Waals surface area (Å²) in [5.41, 5.74) is 0.820. The highest BCUT2D eigenvalue weighted by molar-refractivity contribution is 5.69. The maximum absolute atomic E-state index is 11.5. The maximum atomic E-state index is 11.5. The molecule has 0 saturated carbocycles. The number of methoxy groups -OCH3 is 1. The minimum absolute atomic E-state index is 0.226. The Hall–Kier alpha value is -1.91. The van der Waals surface area contributed by atoms with E-state index < -0.39 is 37.3 Å². The van der Waals surface area contributed by atoms with Gasteiger partial charge < -0.3 is 39.4 Å². The highest BCUT2D eigenvalue weighted by Gasteiger charge is 2.44. The van der Waals surface area contributed by atoms with Crippen LogP contribution < -0.4 is 9.47 Å². The van der Waals surface area contributed by atoms with Crippen LogP contribution in [0.15, 0.2) is 18.2 Å². The van der Waals surface area contributed by atoms with Crippen LogP contribution in [0.1, 0.15) is 18.9 Å². The van der Waals surface area contributed by atoms with Gasteiger partial charge in [0.1, 0.15) is 24.4 Å². The van der Waals surface area contributed by atoms with Gasteiger partial charge in [-0.25, -0.2) is 0 Å². The third-order valence-corrected chi connectivity index (χ3v) is 4.24. The predicted molar refractivity (Wildman–Crippen MR) is 92.3 cm³/mol. The maximum Gasteiger partial charge on any atom is 0.306 e. The summed E-state index contributed by atoms with van der Waals surface area (Å²) in [4.78, 5) is 11.5. The van der Waals surface area contributed by atoms with Gasteiger partial charge in [0, 0.05) is 6.42 Å². The lowest BCUT2D eigenvalue weighted by Crippen LogP contribution is -2.60. The first-order valence-electron chi connectivity index (χ1n) is 8.71. The summed E-state index contributed by atoms with van der Waals surface area (Å²) in [6, 6.07) is 4.99. The molecule has 152 valence electrons. The highest BCUT2D eigenvalue weighted by Crippen LogP contribution is 2.32. The van der Waals surface area contributed by atoms with Crippen molar-refractivity contribution in [3.8, 4) is 11.5 Å². The van der Waals surface area contributed by atoms with Crippen molar-refractivity contribution in [1.82, 2.24) is 0 Å². The smallest absolute Gasteiger partial charge is 0.306 e. The molecule has 1 aromatic carbocycles. The topological polar surface area (TPSA) is 135 Å². The summed E-state index contributed by atoms with van der Waals surface area (Å²) < 4.78 is 21.1. The molecule has 1 saturated heterocycles. The third kappa shape index (κ3) is 5.30. The molecular formula is C18H26O9. The third-order valence-electron chi connectivity index (χ3n) is 4.24. The summed E-state index contributed by atoms with van der Waals surface area (Å²) in [5, 5.41) is 38.9. The Morgan fingerprint density at radius 1 is 1.15 bits per heavy atom. The Labute approximate surface area is 157 Å². The summed E-state index contributed by atoms with van der Waals surface area (Å²) in [6.45, 7) is 1.52. The molecule has 0 aromatic heterocycles. The molecule has 0 radical (unpaired) electrons. The Balaban J connectivity index is 2.08. The van der Waals surface area contributed by atoms with E-state index in [4.69, 9.17) is 18.9 Å². The lowest BCUT2D eigenvalue weighted by molar-refractivity contribution is -0.277. The lowest BCUT2D eigenvalue weighted by atomic mass is 9.99. The largest absolute Gasteiger partial charge is 0.493 e. The first-order chi connectivity index (χ1) is 12.9. The molecule has 1 aliphatic rings. The number of carbonyl (C=O) groups is 1. The van der Waals surface area contributed by atoms with E-state index in [0.29, 0.717) is 18.8 Å². The molecule has 4 N–H and O–H groups in total. The van der Waals surface area contributed by atoms with Crippen molar-refractivity contribution in [2.24, 2.45) is 0 Å². The SMILES string of the molecule is CCOC(=O)CCc1ccc(O[C@@H]2O[C@H](CO)[C@@H](O)[C@H](O)[C@H]2O)c(OC)c1. The number of hydrogen-bond acceptors (Lipinski definition) is 9. The number of aryl methyl sites for hydroxylation is 1. The first kappa shape index (κ1) is 21.4. The molecule has 0 bridgehead atoms. The second-order valence-electron chi connectivity index (χ2n) is 6.11. The standard InChI is InChI=1S/C18H26O9/c1-3-25-14(20)7-5-10-4-6-11(12(8-10)24-2)26-18-17(23)16(22)15(21)13(9-19)27-18/h4,6,8,13,15-19,21-23H,3,5,7,9H2,1-2H3/t13-,15-,16+,17-,18-/m1/s1. The second kappa shape index (κ2) is 9.86. The Bertz CT molecular complexity index is 619. The highest BCUT2D eigenvalue weighted by atomic mass is 16.7. The average molecular weight is 386 g/mol. The molecule has 9 heteroatoms. The number of esters is 1. The molecule has 9 nitrogen and oxygen atoms in total. The first-order valence-corrected chi connectivity index (χ1v) is 8.71. The second-order valence-corrected chi connectivity index (χ2v) is 6.11. The van der Waals surface area contributed by atoms with E-state index in [1.165, 1.54) is 7.11 Å². The number of aliphatic hydroxyl groups excluding tert-OH is 4. The molecule has 0 unspecified atom stereocenters. The number of carbonyl (C=O) groups excluding carboxylic acids is 1. The van der Waals surface area contributed by atoms with Crippen LogP contribution in [0.3, 0.4) is 0 Å². The molecule has 0 amide bonds. The van der Waals surface area contributed by atoms with Gasteiger partial charge in [-0.15, -0.1) is 0 Å². The molecule has 27 heavy (non-hydrogen) atoms. The number of aliphatic hydroxyl groups is 4. The Kier molecular flexibility index (Phi) is 7.81. The summed E-state index contributed by atoms with van der Waals surface area (Å²) >= 11 is 0. The number of rotatable bonds is 8. The average Bonchev–Trinajstić information content (AvgIpc) is 2.67. The van der Waals surface area contributed by atoms with Crippen molar-refractivity contribution in [1.29, 1.82) is 0 Å². The van der Waals surface area contributed by atoms with Gasteiger partial charge >= 0.3 is 5.97 Å². The van der Waals surface area contributed by atoms with E-state index in [1.54, 1.807) is 25.1 Å². The van der Waals surface area contributed by atoms with Gasteiger partial charge in [0.2, 0.25) is 6.29 Å². The lowest BCUT2D eigenvalue weighted by Gasteiger charge is -2.39. The molecule has 1 aliphatic heterocycles. The Morgan fingerprint density at radius 3 is 2.52 bits per heavy atom. The van der Waals surface area contributed by atoms with E-state index in [2.05, 4.69) is 0 Å². The van der Waals surface area contributed by atoms with Crippen LogP contribution in [-0.2, 0) is 20.7 Å². The van der Waals surface area contributed by atoms with Crippen LogP contribution in [0.5, 0.6) is 11.5 Å². The quantitative estimate of drug-likeness (QED) is 0.431. The van der Waals surface area contributed by atoms with E-state index in [9.17, 15) is 25.2 Å². The van der Waals surface area contributed by atoms with Gasteiger partial charge in [-0.3, -0.25) is 4.79 Å². The van der Waals surface area contributed by atoms with Crippen molar-refractivity contribution < 1.29 is 44.2 Å². The van der Waals surface area contributed by atoms with Crippen molar-refractivity contribution in [3.05, 3.63) is 23.8 Å². The van der Waals surface area contributed by atoms with Crippen LogP contribution >= 0.6 is 0 Å². The summed E-state index contributed by atoms with van der Waals surface area (Å²) in [6.07, 6.45) is -6.20. The summed E-state index contributed by atoms with van der Waals surface area (Å²) in [7, 11) is 1.44. The van der Waals surface area contributed by atoms with Gasteiger partial charge in [-0.05, 0) is 31.0 Å². The monoisotopic (exact) mass is 386 g/mol. The van der Waals surface area contributed by atoms with Gasteiger partial charge in [0.05, 0.1) is 20.3 Å². The van der Waals surface area contributed by atoms with Gasteiger partial charge in [0.15, 0.2) is 11.5 Å². The molecular weight excluding hydrogens is 360 g/mol. The van der Waals surface area contributed by atoms with Crippen LogP contribution in [0.2, 0.25) is 0 Å². The van der Waals surface area contributed by atoms with Crippen LogP contribution in [0.4, 0.5) is 0 Å². The van der Waals surface area contributed by atoms with E-state index >= 15 is 0 Å². The fourth-order valence-electron chi connectivity index (χ4n) is 2.73. The normalized spacial score (nSPS) is 27.9. The van der Waals surface area contributed by atoms with Gasteiger partial charge in [-0.1, -0.05) is 6.07 Å². The van der Waals surface area contributed by atoms with E-state index in [0.717, 1.165) is 5.56 Å². The van der Waals surface area contributed by atoms with Crippen LogP contribution in [0.25, 0.3) is 0 Å². The summed E-state index contributed by atoms with van der Waals surface area (Å²) in [5.74, 6) is 0.285. The van der Waals surface area contributed by atoms with Gasteiger partial charge in [0.25, 0.3) is 0 Å². The molecule has 1 aromatic rings. The fraction of sp³-hybridized carbons (Fsp3) is 0.611. The number of ether oxygens (including phenoxy) is 4. The molecule has 0 aliphatic carbocycles. The van der Waals surface area contributed by atoms with Crippen molar-refractivity contribution in [2.45, 2.75) is 50.5 Å². The zero-order valence-electron chi connectivity index (χ0n) is 15.3. The minimum atomic E-state index is -1.53. The zero-order valence-corrected chi connectivity index (χ0v) is 15.3. The zero-order chi connectivity index (χ0) is 20.0. The number of hydrogen-bond donors (Lipinski definition) is 4. The molecule has 1 fully saturated rings. The van der Waals surface area contributed by atoms with Crippen molar-refractivity contribution in [3.63, 3.8) is 0 Å². The van der Waals surface area contributed by atoms with Crippen LogP contribution in [0, 0.1) is 0 Å². The van der Waals surface area contributed by atoms with E-state index in [-0.39, 0.29) is 18.1 Å². The molecule has 0 spiro atoms. The predicted octanol–water partition coefficient (Wildman–Crippen LogP) is -0.630.